The van der Waals surface area contributed by atoms with E-state index in [9.17, 15) is 4.79 Å². The fraction of sp³-hybridized carbons (Fsp3) is 0.250. The smallest absolute Gasteiger partial charge is 0.234 e. The van der Waals surface area contributed by atoms with Crippen molar-refractivity contribution in [2.75, 3.05) is 18.2 Å². The minimum atomic E-state index is -0.0934. The first-order valence-electron chi connectivity index (χ1n) is 5.52. The third kappa shape index (κ3) is 3.93. The summed E-state index contributed by atoms with van der Waals surface area (Å²) in [7, 11) is 1.58. The van der Waals surface area contributed by atoms with Gasteiger partial charge in [0.05, 0.1) is 18.6 Å². The summed E-state index contributed by atoms with van der Waals surface area (Å²) in [5.41, 5.74) is 3.39. The minimum absolute atomic E-state index is 0.0934. The Labute approximate surface area is 119 Å². The second-order valence-electron chi connectivity index (χ2n) is 3.75. The predicted molar refractivity (Wildman–Crippen MR) is 77.0 cm³/mol. The number of aryl methyl sites for hydroxylation is 1. The van der Waals surface area contributed by atoms with Gasteiger partial charge in [-0.3, -0.25) is 4.79 Å². The van der Waals surface area contributed by atoms with Gasteiger partial charge in [-0.05, 0) is 24.6 Å². The van der Waals surface area contributed by atoms with E-state index < -0.39 is 0 Å². The van der Waals surface area contributed by atoms with E-state index in [2.05, 4.69) is 15.5 Å². The predicted octanol–water partition coefficient (Wildman–Crippen LogP) is 2.59. The highest BCUT2D eigenvalue weighted by Crippen LogP contribution is 2.26. The van der Waals surface area contributed by atoms with Crippen molar-refractivity contribution in [2.45, 2.75) is 11.3 Å². The van der Waals surface area contributed by atoms with E-state index in [1.807, 2.05) is 25.1 Å². The molecule has 2 aromatic rings. The first-order chi connectivity index (χ1) is 9.19. The fourth-order valence-electron chi connectivity index (χ4n) is 1.46. The molecule has 2 rings (SSSR count). The monoisotopic (exact) mass is 295 g/mol. The van der Waals surface area contributed by atoms with Gasteiger partial charge < -0.3 is 10.1 Å². The maximum absolute atomic E-state index is 11.9. The molecular weight excluding hydrogens is 282 g/mol. The largest absolute Gasteiger partial charge is 0.495 e. The van der Waals surface area contributed by atoms with Gasteiger partial charge in [0.15, 0.2) is 4.34 Å². The van der Waals surface area contributed by atoms with E-state index in [0.717, 1.165) is 9.90 Å². The van der Waals surface area contributed by atoms with Gasteiger partial charge in [0, 0.05) is 0 Å². The number of nitrogens with zero attached hydrogens (tertiary/aromatic N) is 2. The quantitative estimate of drug-likeness (QED) is 0.859. The molecule has 5 nitrogen and oxygen atoms in total. The molecule has 0 atom stereocenters. The Hall–Kier alpha value is -1.60. The topological polar surface area (TPSA) is 64.1 Å². The van der Waals surface area contributed by atoms with Crippen LogP contribution in [0.15, 0.2) is 28.0 Å². The molecule has 1 heterocycles. The van der Waals surface area contributed by atoms with Crippen molar-refractivity contribution in [2.24, 2.45) is 0 Å². The van der Waals surface area contributed by atoms with Crippen LogP contribution in [0.25, 0.3) is 0 Å². The molecule has 1 amide bonds. The number of aromatic nitrogens is 2. The number of rotatable bonds is 5. The number of methoxy groups -OCH3 is 1. The van der Waals surface area contributed by atoms with Crippen LogP contribution < -0.4 is 10.1 Å². The molecule has 0 spiro atoms. The van der Waals surface area contributed by atoms with Crippen LogP contribution in [0.2, 0.25) is 0 Å². The minimum Gasteiger partial charge on any atom is -0.495 e. The molecule has 0 fully saturated rings. The number of anilines is 1. The number of ether oxygens (including phenoxy) is 1. The lowest BCUT2D eigenvalue weighted by Gasteiger charge is -2.10. The molecule has 7 heteroatoms. The number of amides is 1. The van der Waals surface area contributed by atoms with Crippen LogP contribution in [0.4, 0.5) is 5.69 Å². The number of carbonyl (C=O) groups excluding carboxylic acids is 1. The van der Waals surface area contributed by atoms with Crippen molar-refractivity contribution in [3.8, 4) is 5.75 Å². The lowest BCUT2D eigenvalue weighted by molar-refractivity contribution is -0.113. The molecule has 1 aromatic heterocycles. The van der Waals surface area contributed by atoms with E-state index in [1.165, 1.54) is 23.1 Å². The Morgan fingerprint density at radius 3 is 3.05 bits per heavy atom. The summed E-state index contributed by atoms with van der Waals surface area (Å²) in [4.78, 5) is 11.9. The zero-order valence-electron chi connectivity index (χ0n) is 10.5. The van der Waals surface area contributed by atoms with Gasteiger partial charge >= 0.3 is 0 Å². The van der Waals surface area contributed by atoms with Gasteiger partial charge in [-0.2, -0.15) is 0 Å². The summed E-state index contributed by atoms with van der Waals surface area (Å²) in [5.74, 6) is 0.857. The summed E-state index contributed by atoms with van der Waals surface area (Å²) >= 11 is 2.78. The Balaban J connectivity index is 1.96. The highest BCUT2D eigenvalue weighted by molar-refractivity contribution is 8.01. The van der Waals surface area contributed by atoms with Crippen molar-refractivity contribution in [1.82, 2.24) is 10.2 Å². The van der Waals surface area contributed by atoms with Gasteiger partial charge in [-0.15, -0.1) is 10.2 Å². The average Bonchev–Trinajstić information content (AvgIpc) is 2.90. The number of carbonyl (C=O) groups is 1. The molecule has 0 saturated heterocycles. The first-order valence-corrected chi connectivity index (χ1v) is 7.39. The van der Waals surface area contributed by atoms with Gasteiger partial charge in [0.2, 0.25) is 5.91 Å². The van der Waals surface area contributed by atoms with E-state index in [-0.39, 0.29) is 5.91 Å². The molecule has 0 saturated carbocycles. The third-order valence-electron chi connectivity index (χ3n) is 2.30. The van der Waals surface area contributed by atoms with Gasteiger partial charge in [0.25, 0.3) is 0 Å². The Kier molecular flexibility index (Phi) is 4.75. The van der Waals surface area contributed by atoms with E-state index >= 15 is 0 Å². The molecule has 0 aliphatic carbocycles. The molecule has 1 aromatic carbocycles. The lowest BCUT2D eigenvalue weighted by Crippen LogP contribution is -2.14. The van der Waals surface area contributed by atoms with Gasteiger partial charge in [0.1, 0.15) is 11.3 Å². The summed E-state index contributed by atoms with van der Waals surface area (Å²) in [6.07, 6.45) is 0. The second kappa shape index (κ2) is 6.53. The van der Waals surface area contributed by atoms with Gasteiger partial charge in [-0.25, -0.2) is 0 Å². The second-order valence-corrected chi connectivity index (χ2v) is 5.80. The fourth-order valence-corrected chi connectivity index (χ4v) is 2.75. The zero-order valence-corrected chi connectivity index (χ0v) is 12.2. The van der Waals surface area contributed by atoms with Crippen LogP contribution in [0, 0.1) is 6.92 Å². The highest BCUT2D eigenvalue weighted by Gasteiger charge is 2.09. The van der Waals surface area contributed by atoms with Crippen molar-refractivity contribution in [1.29, 1.82) is 0 Å². The SMILES string of the molecule is COc1ccc(C)cc1NC(=O)CSc1nncs1. The van der Waals surface area contributed by atoms with Crippen LogP contribution in [0.3, 0.4) is 0 Å². The number of benzene rings is 1. The summed E-state index contributed by atoms with van der Waals surface area (Å²) in [6.45, 7) is 1.96. The third-order valence-corrected chi connectivity index (χ3v) is 4.16. The number of hydrogen-bond donors (Lipinski definition) is 1. The molecular formula is C12H13N3O2S2. The normalized spacial score (nSPS) is 10.2. The van der Waals surface area contributed by atoms with Crippen LogP contribution in [0.1, 0.15) is 5.56 Å². The number of hydrogen-bond acceptors (Lipinski definition) is 6. The average molecular weight is 295 g/mol. The van der Waals surface area contributed by atoms with Crippen molar-refractivity contribution in [3.63, 3.8) is 0 Å². The van der Waals surface area contributed by atoms with Crippen LogP contribution >= 0.6 is 23.1 Å². The maximum atomic E-state index is 11.9. The molecule has 1 N–H and O–H groups in total. The van der Waals surface area contributed by atoms with Gasteiger partial charge in [-0.1, -0.05) is 29.2 Å². The molecule has 0 radical (unpaired) electrons. The molecule has 0 aliphatic heterocycles. The number of nitrogens with one attached hydrogen (secondary N) is 1. The van der Waals surface area contributed by atoms with E-state index in [0.29, 0.717) is 17.2 Å². The standard InChI is InChI=1S/C12H13N3O2S2/c1-8-3-4-10(17-2)9(5-8)14-11(16)6-18-12-15-13-7-19-12/h3-5,7H,6H2,1-2H3,(H,14,16). The lowest BCUT2D eigenvalue weighted by atomic mass is 10.2. The Morgan fingerprint density at radius 1 is 1.53 bits per heavy atom. The van der Waals surface area contributed by atoms with Crippen molar-refractivity contribution < 1.29 is 9.53 Å². The number of thioether (sulfide) groups is 1. The molecule has 0 bridgehead atoms. The highest BCUT2D eigenvalue weighted by atomic mass is 32.2. The van der Waals surface area contributed by atoms with Crippen LogP contribution in [-0.2, 0) is 4.79 Å². The summed E-state index contributed by atoms with van der Waals surface area (Å²) in [6, 6.07) is 5.65. The molecule has 0 aliphatic rings. The van der Waals surface area contributed by atoms with Crippen LogP contribution in [0.5, 0.6) is 5.75 Å². The molecule has 100 valence electrons. The van der Waals surface area contributed by atoms with E-state index in [1.54, 1.807) is 12.6 Å². The molecule has 19 heavy (non-hydrogen) atoms. The Morgan fingerprint density at radius 2 is 2.37 bits per heavy atom. The van der Waals surface area contributed by atoms with Crippen molar-refractivity contribution in [3.05, 3.63) is 29.3 Å². The maximum Gasteiger partial charge on any atom is 0.234 e. The van der Waals surface area contributed by atoms with Crippen LogP contribution in [-0.4, -0.2) is 29.0 Å². The zero-order chi connectivity index (χ0) is 13.7. The summed E-state index contributed by atoms with van der Waals surface area (Å²) < 4.78 is 5.99. The summed E-state index contributed by atoms with van der Waals surface area (Å²) in [5, 5.41) is 10.4. The molecule has 0 unspecified atom stereocenters. The first kappa shape index (κ1) is 13.8. The van der Waals surface area contributed by atoms with Crippen molar-refractivity contribution >= 4 is 34.7 Å². The van der Waals surface area contributed by atoms with E-state index in [4.69, 9.17) is 4.74 Å². The Bertz CT molecular complexity index is 558.